The molecule has 0 saturated heterocycles. The molecule has 0 spiro atoms. The zero-order valence-electron chi connectivity index (χ0n) is 19.3. The lowest BCUT2D eigenvalue weighted by Crippen LogP contribution is -2.52. The number of halogens is 3. The van der Waals surface area contributed by atoms with Crippen LogP contribution in [0.15, 0.2) is 58.2 Å². The van der Waals surface area contributed by atoms with Gasteiger partial charge in [0.25, 0.3) is 5.91 Å². The minimum atomic E-state index is -4.04. The number of nitrogens with zero attached hydrogens (tertiary/aromatic N) is 1. The molecule has 1 amide bonds. The van der Waals surface area contributed by atoms with Crippen LogP contribution in [0.1, 0.15) is 48.0 Å². The molecule has 37 heavy (non-hydrogen) atoms. The number of aliphatic hydroxyl groups excluding tert-OH is 1. The van der Waals surface area contributed by atoms with E-state index in [4.69, 9.17) is 16.0 Å². The lowest BCUT2D eigenvalue weighted by molar-refractivity contribution is -0.152. The number of anilines is 1. The molecular formula is C25H23ClF2N2O6S. The number of carbonyl (C=O) groups excluding carboxylic acids is 1. The Morgan fingerprint density at radius 3 is 2.46 bits per heavy atom. The molecule has 5 atom stereocenters. The number of nitrogens with one attached hydrogen (secondary N) is 1. The lowest BCUT2D eigenvalue weighted by atomic mass is 9.71. The van der Waals surface area contributed by atoms with Crippen molar-refractivity contribution in [1.82, 2.24) is 4.98 Å². The highest BCUT2D eigenvalue weighted by Gasteiger charge is 2.60. The van der Waals surface area contributed by atoms with Gasteiger partial charge in [-0.2, -0.15) is 0 Å². The molecule has 2 bridgehead atoms. The van der Waals surface area contributed by atoms with E-state index in [1.54, 1.807) is 0 Å². The number of amides is 1. The fraction of sp³-hybridized carbons (Fsp3) is 0.360. The lowest BCUT2D eigenvalue weighted by Gasteiger charge is -2.44. The van der Waals surface area contributed by atoms with Crippen LogP contribution < -0.4 is 5.32 Å². The highest BCUT2D eigenvalue weighted by atomic mass is 35.5. The first kappa shape index (κ1) is 25.8. The Bertz CT molecular complexity index is 1440. The van der Waals surface area contributed by atoms with Gasteiger partial charge in [0.15, 0.2) is 27.6 Å². The van der Waals surface area contributed by atoms with Crippen molar-refractivity contribution >= 4 is 33.0 Å². The first-order chi connectivity index (χ1) is 17.5. The smallest absolute Gasteiger partial charge is 0.255 e. The van der Waals surface area contributed by atoms with Crippen molar-refractivity contribution in [2.75, 3.05) is 5.32 Å². The van der Waals surface area contributed by atoms with Gasteiger partial charge in [-0.1, -0.05) is 11.6 Å². The molecule has 5 rings (SSSR count). The third-order valence-electron chi connectivity index (χ3n) is 7.51. The van der Waals surface area contributed by atoms with E-state index in [-0.39, 0.29) is 39.9 Å². The summed E-state index contributed by atoms with van der Waals surface area (Å²) in [6, 6.07) is 6.61. The van der Waals surface area contributed by atoms with E-state index in [2.05, 4.69) is 10.3 Å². The van der Waals surface area contributed by atoms with Gasteiger partial charge in [-0.05, 0) is 67.9 Å². The summed E-state index contributed by atoms with van der Waals surface area (Å²) in [5.41, 5.74) is -1.62. The van der Waals surface area contributed by atoms with Gasteiger partial charge >= 0.3 is 0 Å². The van der Waals surface area contributed by atoms with Crippen molar-refractivity contribution in [1.29, 1.82) is 0 Å². The predicted molar refractivity (Wildman–Crippen MR) is 129 cm³/mol. The molecule has 12 heteroatoms. The molecule has 3 aromatic rings. The number of fused-ring (bicyclic) bond motifs is 2. The average Bonchev–Trinajstić information content (AvgIpc) is 3.43. The van der Waals surface area contributed by atoms with Gasteiger partial charge in [0.05, 0.1) is 21.4 Å². The van der Waals surface area contributed by atoms with Gasteiger partial charge in [-0.25, -0.2) is 22.2 Å². The molecular weight excluding hydrogens is 530 g/mol. The van der Waals surface area contributed by atoms with E-state index in [9.17, 15) is 32.2 Å². The summed E-state index contributed by atoms with van der Waals surface area (Å²) in [5.74, 6) is -4.01. The van der Waals surface area contributed by atoms with Gasteiger partial charge in [0, 0.05) is 17.3 Å². The first-order valence-corrected chi connectivity index (χ1v) is 13.5. The maximum absolute atomic E-state index is 13.7. The van der Waals surface area contributed by atoms with Crippen LogP contribution in [0, 0.1) is 23.5 Å². The quantitative estimate of drug-likeness (QED) is 0.416. The molecule has 3 N–H and O–H groups in total. The number of aromatic nitrogens is 1. The number of hydrogen-bond acceptors (Lipinski definition) is 7. The van der Waals surface area contributed by atoms with Crippen molar-refractivity contribution in [3.8, 4) is 0 Å². The zero-order chi connectivity index (χ0) is 26.5. The topological polar surface area (TPSA) is 130 Å². The maximum atomic E-state index is 13.7. The summed E-state index contributed by atoms with van der Waals surface area (Å²) < 4.78 is 59.2. The van der Waals surface area contributed by atoms with Gasteiger partial charge in [0.2, 0.25) is 5.89 Å². The number of aliphatic hydroxyl groups is 2. The first-order valence-electron chi connectivity index (χ1n) is 11.6. The Morgan fingerprint density at radius 1 is 1.14 bits per heavy atom. The molecule has 2 fully saturated rings. The Hall–Kier alpha value is -2.86. The second-order valence-corrected chi connectivity index (χ2v) is 12.1. The van der Waals surface area contributed by atoms with Crippen molar-refractivity contribution in [3.63, 3.8) is 0 Å². The van der Waals surface area contributed by atoms with E-state index in [0.717, 1.165) is 18.2 Å². The van der Waals surface area contributed by atoms with Gasteiger partial charge in [-0.15, -0.1) is 0 Å². The monoisotopic (exact) mass is 552 g/mol. The molecule has 196 valence electrons. The van der Waals surface area contributed by atoms with Crippen LogP contribution in [0.5, 0.6) is 0 Å². The average molecular weight is 553 g/mol. The summed E-state index contributed by atoms with van der Waals surface area (Å²) >= 11 is 6.25. The highest BCUT2D eigenvalue weighted by Crippen LogP contribution is 2.56. The fourth-order valence-corrected chi connectivity index (χ4v) is 8.03. The van der Waals surface area contributed by atoms with Gasteiger partial charge in [0.1, 0.15) is 11.9 Å². The van der Waals surface area contributed by atoms with Crippen molar-refractivity contribution in [2.45, 2.75) is 47.5 Å². The molecule has 1 aromatic heterocycles. The molecule has 2 aliphatic carbocycles. The Kier molecular flexibility index (Phi) is 6.59. The molecule has 1 heterocycles. The second kappa shape index (κ2) is 9.46. The summed E-state index contributed by atoms with van der Waals surface area (Å²) in [7, 11) is -4.04. The summed E-state index contributed by atoms with van der Waals surface area (Å²) in [5, 5.41) is 23.7. The molecule has 0 aliphatic heterocycles. The zero-order valence-corrected chi connectivity index (χ0v) is 20.8. The third kappa shape index (κ3) is 4.43. The van der Waals surface area contributed by atoms with Crippen LogP contribution in [0.25, 0.3) is 0 Å². The molecule has 2 aromatic carbocycles. The van der Waals surface area contributed by atoms with Crippen molar-refractivity contribution in [3.05, 3.63) is 77.0 Å². The standard InChI is InChI=1S/C25H23ClF2N2O6S/c26-18-5-1-13(23(32)30-16-4-6-19(27)20(28)12-16)9-21(18)37(34,35)17-10-14-2-3-15(11-17)25(14,33)22(31)24-29-7-8-36-24/h1,4-9,12,14-15,17,22,31,33H,2-3,10-11H2,(H,30,32)/t14-,15?,17-,22?,25-/m0/s1. The number of sulfone groups is 1. The normalized spacial score (nSPS) is 26.1. The van der Waals surface area contributed by atoms with Gasteiger partial charge < -0.3 is 19.9 Å². The molecule has 2 unspecified atom stereocenters. The fourth-order valence-electron chi connectivity index (χ4n) is 5.63. The minimum absolute atomic E-state index is 0.00370. The van der Waals surface area contributed by atoms with Crippen LogP contribution in [0.2, 0.25) is 5.02 Å². The highest BCUT2D eigenvalue weighted by molar-refractivity contribution is 7.92. The SMILES string of the molecule is O=C(Nc1ccc(F)c(F)c1)c1ccc(Cl)c(S(=O)(=O)[C@@H]2CC3CC[C@@H](C2)[C@@]3(O)C(O)c2ncco2)c1. The van der Waals surface area contributed by atoms with Crippen LogP contribution in [0.3, 0.4) is 0 Å². The summed E-state index contributed by atoms with van der Waals surface area (Å²) in [6.07, 6.45) is 2.46. The second-order valence-electron chi connectivity index (χ2n) is 9.50. The minimum Gasteiger partial charge on any atom is -0.446 e. The van der Waals surface area contributed by atoms with Crippen LogP contribution in [-0.2, 0) is 9.84 Å². The van der Waals surface area contributed by atoms with Crippen LogP contribution in [0.4, 0.5) is 14.5 Å². The number of rotatable bonds is 6. The Balaban J connectivity index is 1.39. The molecule has 0 radical (unpaired) electrons. The van der Waals surface area contributed by atoms with Crippen LogP contribution in [-0.4, -0.2) is 40.4 Å². The third-order valence-corrected chi connectivity index (χ3v) is 10.2. The number of oxazole rings is 1. The molecule has 2 aliphatic rings. The summed E-state index contributed by atoms with van der Waals surface area (Å²) in [6.45, 7) is 0. The number of carbonyl (C=O) groups is 1. The van der Waals surface area contributed by atoms with E-state index in [1.807, 2.05) is 0 Å². The van der Waals surface area contributed by atoms with Crippen molar-refractivity contribution < 1.29 is 36.6 Å². The molecule has 8 nitrogen and oxygen atoms in total. The van der Waals surface area contributed by atoms with E-state index in [0.29, 0.717) is 12.8 Å². The number of hydrogen-bond donors (Lipinski definition) is 3. The Morgan fingerprint density at radius 2 is 1.84 bits per heavy atom. The largest absolute Gasteiger partial charge is 0.446 e. The van der Waals surface area contributed by atoms with Crippen LogP contribution >= 0.6 is 11.6 Å². The summed E-state index contributed by atoms with van der Waals surface area (Å²) in [4.78, 5) is 16.4. The van der Waals surface area contributed by atoms with Crippen molar-refractivity contribution in [2.24, 2.45) is 11.8 Å². The number of benzene rings is 2. The van der Waals surface area contributed by atoms with Gasteiger partial charge in [-0.3, -0.25) is 4.79 Å². The Labute approximate surface area is 216 Å². The van der Waals surface area contributed by atoms with E-state index >= 15 is 0 Å². The molecule has 2 saturated carbocycles. The maximum Gasteiger partial charge on any atom is 0.255 e. The predicted octanol–water partition coefficient (Wildman–Crippen LogP) is 4.29. The van der Waals surface area contributed by atoms with E-state index < -0.39 is 56.2 Å². The van der Waals surface area contributed by atoms with E-state index in [1.165, 1.54) is 30.7 Å².